The SMILES string of the molecule is CC(F)(CCC=CC(F)(F)F)C(F)(F)F. The van der Waals surface area contributed by atoms with E-state index in [1.54, 1.807) is 0 Å². The van der Waals surface area contributed by atoms with E-state index >= 15 is 0 Å². The van der Waals surface area contributed by atoms with Gasteiger partial charge in [0, 0.05) is 6.08 Å². The molecule has 15 heavy (non-hydrogen) atoms. The van der Waals surface area contributed by atoms with E-state index in [1.165, 1.54) is 0 Å². The number of rotatable bonds is 3. The van der Waals surface area contributed by atoms with Crippen molar-refractivity contribution in [2.45, 2.75) is 37.8 Å². The molecule has 0 N–H and O–H groups in total. The van der Waals surface area contributed by atoms with Crippen LogP contribution in [-0.2, 0) is 0 Å². The molecule has 0 aromatic rings. The fraction of sp³-hybridized carbons (Fsp3) is 0.750. The molecule has 1 unspecified atom stereocenters. The fourth-order valence-electron chi connectivity index (χ4n) is 0.713. The summed E-state index contributed by atoms with van der Waals surface area (Å²) in [6.07, 6.45) is -11.0. The lowest BCUT2D eigenvalue weighted by Crippen LogP contribution is -2.37. The zero-order chi connectivity index (χ0) is 12.3. The third-order valence-electron chi connectivity index (χ3n) is 1.68. The maximum atomic E-state index is 12.8. The minimum Gasteiger partial charge on any atom is -0.234 e. The zero-order valence-corrected chi connectivity index (χ0v) is 7.71. The quantitative estimate of drug-likeness (QED) is 0.511. The summed E-state index contributed by atoms with van der Waals surface area (Å²) in [4.78, 5) is 0. The van der Waals surface area contributed by atoms with Crippen molar-refractivity contribution in [3.05, 3.63) is 12.2 Å². The van der Waals surface area contributed by atoms with Gasteiger partial charge in [-0.05, 0) is 19.8 Å². The Morgan fingerprint density at radius 3 is 1.73 bits per heavy atom. The molecule has 90 valence electrons. The lowest BCUT2D eigenvalue weighted by Gasteiger charge is -2.22. The van der Waals surface area contributed by atoms with Gasteiger partial charge in [0.15, 0.2) is 0 Å². The molecule has 0 spiro atoms. The maximum Gasteiger partial charge on any atom is 0.422 e. The van der Waals surface area contributed by atoms with Crippen LogP contribution in [0.5, 0.6) is 0 Å². The van der Waals surface area contributed by atoms with Crippen LogP contribution in [0.1, 0.15) is 19.8 Å². The summed E-state index contributed by atoms with van der Waals surface area (Å²) in [7, 11) is 0. The molecule has 0 aromatic carbocycles. The van der Waals surface area contributed by atoms with Crippen molar-refractivity contribution >= 4 is 0 Å². The number of halogens is 7. The minimum absolute atomic E-state index is 0.209. The van der Waals surface area contributed by atoms with Crippen LogP contribution in [0.2, 0.25) is 0 Å². The van der Waals surface area contributed by atoms with Gasteiger partial charge in [0.1, 0.15) is 0 Å². The van der Waals surface area contributed by atoms with E-state index in [-0.39, 0.29) is 6.08 Å². The normalized spacial score (nSPS) is 18.1. The first kappa shape index (κ1) is 14.2. The van der Waals surface area contributed by atoms with Gasteiger partial charge in [-0.15, -0.1) is 0 Å². The molecule has 7 heteroatoms. The number of alkyl halides is 7. The maximum absolute atomic E-state index is 12.8. The summed E-state index contributed by atoms with van der Waals surface area (Å²) in [6.45, 7) is 0.300. The smallest absolute Gasteiger partial charge is 0.234 e. The minimum atomic E-state index is -5.06. The fourth-order valence-corrected chi connectivity index (χ4v) is 0.713. The number of allylic oxidation sites excluding steroid dienone is 2. The topological polar surface area (TPSA) is 0 Å². The van der Waals surface area contributed by atoms with Gasteiger partial charge in [-0.25, -0.2) is 4.39 Å². The summed E-state index contributed by atoms with van der Waals surface area (Å²) in [5, 5.41) is 0. The van der Waals surface area contributed by atoms with Gasteiger partial charge in [0.05, 0.1) is 0 Å². The molecule has 0 rings (SSSR count). The predicted molar refractivity (Wildman–Crippen MR) is 40.0 cm³/mol. The first-order valence-electron chi connectivity index (χ1n) is 3.96. The Hall–Kier alpha value is -0.750. The van der Waals surface area contributed by atoms with E-state index in [0.29, 0.717) is 13.0 Å². The van der Waals surface area contributed by atoms with Gasteiger partial charge in [-0.1, -0.05) is 6.08 Å². The lowest BCUT2D eigenvalue weighted by atomic mass is 10.0. The standard InChI is InChI=1S/C8H9F7/c1-6(9,8(13,14)15)4-2-3-5-7(10,11)12/h3,5H,2,4H2,1H3. The summed E-state index contributed by atoms with van der Waals surface area (Å²) >= 11 is 0. The van der Waals surface area contributed by atoms with Gasteiger partial charge in [-0.3, -0.25) is 0 Å². The zero-order valence-electron chi connectivity index (χ0n) is 7.71. The molecule has 0 amide bonds. The van der Waals surface area contributed by atoms with Crippen LogP contribution in [0.4, 0.5) is 30.7 Å². The van der Waals surface area contributed by atoms with Crippen LogP contribution < -0.4 is 0 Å². The average molecular weight is 238 g/mol. The van der Waals surface area contributed by atoms with Crippen LogP contribution >= 0.6 is 0 Å². The highest BCUT2D eigenvalue weighted by Gasteiger charge is 2.51. The predicted octanol–water partition coefficient (Wildman–Crippen LogP) is 4.18. The molecule has 0 aromatic heterocycles. The molecule has 0 saturated heterocycles. The van der Waals surface area contributed by atoms with Crippen LogP contribution in [0.3, 0.4) is 0 Å². The van der Waals surface area contributed by atoms with Gasteiger partial charge in [-0.2, -0.15) is 26.3 Å². The highest BCUT2D eigenvalue weighted by Crippen LogP contribution is 2.37. The molecule has 0 aliphatic rings. The Labute approximate surface area is 81.8 Å². The van der Waals surface area contributed by atoms with Crippen LogP contribution in [-0.4, -0.2) is 18.0 Å². The van der Waals surface area contributed by atoms with Crippen LogP contribution in [0, 0.1) is 0 Å². The van der Waals surface area contributed by atoms with E-state index < -0.39 is 30.9 Å². The first-order valence-corrected chi connectivity index (χ1v) is 3.96. The lowest BCUT2D eigenvalue weighted by molar-refractivity contribution is -0.225. The molecule has 0 fully saturated rings. The molecule has 0 radical (unpaired) electrons. The third-order valence-corrected chi connectivity index (χ3v) is 1.68. The van der Waals surface area contributed by atoms with Crippen molar-refractivity contribution < 1.29 is 30.7 Å². The van der Waals surface area contributed by atoms with E-state index in [2.05, 4.69) is 0 Å². The van der Waals surface area contributed by atoms with Gasteiger partial charge >= 0.3 is 12.4 Å². The number of hydrogen-bond donors (Lipinski definition) is 0. The monoisotopic (exact) mass is 238 g/mol. The van der Waals surface area contributed by atoms with Crippen molar-refractivity contribution in [3.63, 3.8) is 0 Å². The van der Waals surface area contributed by atoms with Gasteiger partial charge in [0.25, 0.3) is 0 Å². The van der Waals surface area contributed by atoms with Crippen LogP contribution in [0.15, 0.2) is 12.2 Å². The molecular weight excluding hydrogens is 229 g/mol. The number of hydrogen-bond acceptors (Lipinski definition) is 0. The Kier molecular flexibility index (Phi) is 4.18. The molecule has 0 heterocycles. The Balaban J connectivity index is 4.13. The molecule has 0 saturated carbocycles. The van der Waals surface area contributed by atoms with Gasteiger partial charge < -0.3 is 0 Å². The van der Waals surface area contributed by atoms with E-state index in [9.17, 15) is 30.7 Å². The Morgan fingerprint density at radius 1 is 0.933 bits per heavy atom. The third kappa shape index (κ3) is 5.64. The average Bonchev–Trinajstić information content (AvgIpc) is 1.94. The van der Waals surface area contributed by atoms with Crippen molar-refractivity contribution in [3.8, 4) is 0 Å². The van der Waals surface area contributed by atoms with E-state index in [0.717, 1.165) is 0 Å². The highest BCUT2D eigenvalue weighted by molar-refractivity contribution is 4.92. The van der Waals surface area contributed by atoms with Gasteiger partial charge in [0.2, 0.25) is 5.67 Å². The molecular formula is C8H9F7. The van der Waals surface area contributed by atoms with Crippen molar-refractivity contribution in [2.75, 3.05) is 0 Å². The molecule has 0 aliphatic carbocycles. The molecule has 0 bridgehead atoms. The first-order chi connectivity index (χ1) is 6.46. The Bertz CT molecular complexity index is 220. The summed E-state index contributed by atoms with van der Waals surface area (Å²) in [5.74, 6) is 0. The second-order valence-electron chi connectivity index (χ2n) is 3.18. The largest absolute Gasteiger partial charge is 0.422 e. The van der Waals surface area contributed by atoms with E-state index in [4.69, 9.17) is 0 Å². The molecule has 0 nitrogen and oxygen atoms in total. The summed E-state index contributed by atoms with van der Waals surface area (Å²) in [6, 6.07) is 0. The molecule has 0 aliphatic heterocycles. The van der Waals surface area contributed by atoms with Crippen molar-refractivity contribution in [2.24, 2.45) is 0 Å². The Morgan fingerprint density at radius 2 is 1.40 bits per heavy atom. The van der Waals surface area contributed by atoms with Crippen molar-refractivity contribution in [1.82, 2.24) is 0 Å². The second kappa shape index (κ2) is 4.40. The van der Waals surface area contributed by atoms with Crippen LogP contribution in [0.25, 0.3) is 0 Å². The summed E-state index contributed by atoms with van der Waals surface area (Å²) < 4.78 is 82.9. The highest BCUT2D eigenvalue weighted by atomic mass is 19.4. The molecule has 1 atom stereocenters. The second-order valence-corrected chi connectivity index (χ2v) is 3.18. The van der Waals surface area contributed by atoms with Crippen molar-refractivity contribution in [1.29, 1.82) is 0 Å². The summed E-state index contributed by atoms with van der Waals surface area (Å²) in [5.41, 5.74) is -3.46. The van der Waals surface area contributed by atoms with E-state index in [1.807, 2.05) is 0 Å².